The van der Waals surface area contributed by atoms with Gasteiger partial charge in [-0.1, -0.05) is 11.3 Å². The summed E-state index contributed by atoms with van der Waals surface area (Å²) in [6.45, 7) is 0.291. The number of halogens is 1. The van der Waals surface area contributed by atoms with Gasteiger partial charge in [-0.05, 0) is 34.1 Å². The van der Waals surface area contributed by atoms with Gasteiger partial charge in [-0.2, -0.15) is 0 Å². The van der Waals surface area contributed by atoms with Crippen molar-refractivity contribution in [3.05, 3.63) is 49.0 Å². The lowest BCUT2D eigenvalue weighted by atomic mass is 10.2. The molecule has 0 aliphatic heterocycles. The van der Waals surface area contributed by atoms with Crippen molar-refractivity contribution in [2.45, 2.75) is 6.54 Å². The first-order valence-electron chi connectivity index (χ1n) is 5.06. The summed E-state index contributed by atoms with van der Waals surface area (Å²) in [6.07, 6.45) is 0. The van der Waals surface area contributed by atoms with E-state index in [0.29, 0.717) is 28.0 Å². The number of thiazole rings is 1. The van der Waals surface area contributed by atoms with Crippen molar-refractivity contribution in [2.24, 2.45) is 0 Å². The number of nitrogens with one attached hydrogen (secondary N) is 2. The minimum Gasteiger partial charge on any atom is -0.398 e. The number of rotatable bonds is 3. The van der Waals surface area contributed by atoms with E-state index in [-0.39, 0.29) is 10.8 Å². The second kappa shape index (κ2) is 5.36. The van der Waals surface area contributed by atoms with E-state index in [1.54, 1.807) is 23.6 Å². The molecule has 1 amide bonds. The van der Waals surface area contributed by atoms with Crippen molar-refractivity contribution in [1.29, 1.82) is 0 Å². The first-order valence-corrected chi connectivity index (χ1v) is 6.73. The molecule has 0 saturated heterocycles. The number of carbonyl (C=O) groups excluding carboxylic acids is 1. The third kappa shape index (κ3) is 2.99. The number of nitrogen functional groups attached to an aromatic ring is 1. The Labute approximate surface area is 115 Å². The minimum atomic E-state index is -0.220. The van der Waals surface area contributed by atoms with Gasteiger partial charge < -0.3 is 16.0 Å². The number of benzene rings is 1. The minimum absolute atomic E-state index is 0.130. The predicted molar refractivity (Wildman–Crippen MR) is 74.7 cm³/mol. The van der Waals surface area contributed by atoms with Crippen molar-refractivity contribution in [1.82, 2.24) is 10.3 Å². The molecule has 18 heavy (non-hydrogen) atoms. The van der Waals surface area contributed by atoms with Gasteiger partial charge in [0, 0.05) is 26.8 Å². The maximum absolute atomic E-state index is 11.8. The molecule has 0 aliphatic carbocycles. The molecule has 1 aromatic heterocycles. The van der Waals surface area contributed by atoms with Gasteiger partial charge in [0.05, 0.1) is 6.54 Å². The van der Waals surface area contributed by atoms with E-state index >= 15 is 0 Å². The average Bonchev–Trinajstić information content (AvgIpc) is 2.75. The maximum Gasteiger partial charge on any atom is 0.304 e. The van der Waals surface area contributed by atoms with Crippen LogP contribution in [0.4, 0.5) is 5.69 Å². The highest BCUT2D eigenvalue weighted by atomic mass is 79.9. The fraction of sp³-hybridized carbons (Fsp3) is 0.0909. The monoisotopic (exact) mass is 327 g/mol. The van der Waals surface area contributed by atoms with Crippen LogP contribution in [-0.4, -0.2) is 10.9 Å². The SMILES string of the molecule is Nc1ccc(C(=O)NCc2csc(=O)[nH]2)cc1Br. The van der Waals surface area contributed by atoms with Crippen LogP contribution in [0, 0.1) is 0 Å². The molecule has 0 fully saturated rings. The Kier molecular flexibility index (Phi) is 3.83. The number of hydrogen-bond donors (Lipinski definition) is 3. The molecule has 2 rings (SSSR count). The van der Waals surface area contributed by atoms with E-state index in [1.807, 2.05) is 0 Å². The number of nitrogens with two attached hydrogens (primary N) is 1. The average molecular weight is 328 g/mol. The van der Waals surface area contributed by atoms with Gasteiger partial charge in [0.15, 0.2) is 0 Å². The van der Waals surface area contributed by atoms with Crippen LogP contribution in [0.5, 0.6) is 0 Å². The predicted octanol–water partition coefficient (Wildman–Crippen LogP) is 1.71. The van der Waals surface area contributed by atoms with Gasteiger partial charge in [-0.3, -0.25) is 9.59 Å². The summed E-state index contributed by atoms with van der Waals surface area (Å²) in [6, 6.07) is 4.96. The van der Waals surface area contributed by atoms with E-state index in [2.05, 4.69) is 26.2 Å². The Morgan fingerprint density at radius 1 is 1.50 bits per heavy atom. The topological polar surface area (TPSA) is 88.0 Å². The summed E-state index contributed by atoms with van der Waals surface area (Å²) in [5.74, 6) is -0.220. The Morgan fingerprint density at radius 2 is 2.28 bits per heavy atom. The standard InChI is InChI=1S/C11H10BrN3O2S/c12-8-3-6(1-2-9(8)13)10(16)14-4-7-5-18-11(17)15-7/h1-3,5H,4,13H2,(H,14,16)(H,15,17). The highest BCUT2D eigenvalue weighted by Gasteiger charge is 2.07. The van der Waals surface area contributed by atoms with Crippen molar-refractivity contribution >= 4 is 38.9 Å². The molecule has 0 radical (unpaired) electrons. The number of amides is 1. The van der Waals surface area contributed by atoms with Crippen molar-refractivity contribution < 1.29 is 4.79 Å². The Balaban J connectivity index is 2.03. The Morgan fingerprint density at radius 3 is 2.89 bits per heavy atom. The molecule has 2 aromatic rings. The second-order valence-corrected chi connectivity index (χ2v) is 5.29. The third-order valence-electron chi connectivity index (χ3n) is 2.27. The molecule has 7 heteroatoms. The molecular formula is C11H10BrN3O2S. The van der Waals surface area contributed by atoms with Crippen LogP contribution in [-0.2, 0) is 6.54 Å². The van der Waals surface area contributed by atoms with Crippen LogP contribution in [0.15, 0.2) is 32.8 Å². The highest BCUT2D eigenvalue weighted by Crippen LogP contribution is 2.20. The lowest BCUT2D eigenvalue weighted by Crippen LogP contribution is -2.23. The zero-order valence-electron chi connectivity index (χ0n) is 9.20. The fourth-order valence-corrected chi connectivity index (χ4v) is 2.31. The molecule has 0 saturated carbocycles. The largest absolute Gasteiger partial charge is 0.398 e. The van der Waals surface area contributed by atoms with E-state index < -0.39 is 0 Å². The molecular weight excluding hydrogens is 318 g/mol. The van der Waals surface area contributed by atoms with Crippen LogP contribution >= 0.6 is 27.3 Å². The molecule has 1 heterocycles. The van der Waals surface area contributed by atoms with Gasteiger partial charge in [0.1, 0.15) is 0 Å². The number of anilines is 1. The smallest absolute Gasteiger partial charge is 0.304 e. The van der Waals surface area contributed by atoms with Crippen molar-refractivity contribution in [3.63, 3.8) is 0 Å². The number of aromatic nitrogens is 1. The molecule has 0 bridgehead atoms. The van der Waals surface area contributed by atoms with Crippen molar-refractivity contribution in [2.75, 3.05) is 5.73 Å². The van der Waals surface area contributed by atoms with Crippen LogP contribution in [0.1, 0.15) is 16.1 Å². The van der Waals surface area contributed by atoms with Gasteiger partial charge in [-0.15, -0.1) is 0 Å². The van der Waals surface area contributed by atoms with Crippen LogP contribution in [0.2, 0.25) is 0 Å². The quantitative estimate of drug-likeness (QED) is 0.750. The normalized spacial score (nSPS) is 10.3. The van der Waals surface area contributed by atoms with Crippen molar-refractivity contribution in [3.8, 4) is 0 Å². The first-order chi connectivity index (χ1) is 8.56. The number of carbonyl (C=O) groups is 1. The molecule has 4 N–H and O–H groups in total. The molecule has 0 aliphatic rings. The summed E-state index contributed by atoms with van der Waals surface area (Å²) in [7, 11) is 0. The van der Waals surface area contributed by atoms with Crippen LogP contribution < -0.4 is 15.9 Å². The molecule has 1 aromatic carbocycles. The second-order valence-electron chi connectivity index (χ2n) is 3.59. The molecule has 0 atom stereocenters. The molecule has 0 spiro atoms. The first kappa shape index (κ1) is 12.8. The van der Waals surface area contributed by atoms with Gasteiger partial charge >= 0.3 is 4.87 Å². The van der Waals surface area contributed by atoms with Gasteiger partial charge in [0.25, 0.3) is 5.91 Å². The fourth-order valence-electron chi connectivity index (χ4n) is 1.35. The number of H-pyrrole nitrogens is 1. The highest BCUT2D eigenvalue weighted by molar-refractivity contribution is 9.10. The van der Waals surface area contributed by atoms with E-state index in [9.17, 15) is 9.59 Å². The summed E-state index contributed by atoms with van der Waals surface area (Å²) in [5, 5.41) is 4.39. The van der Waals surface area contributed by atoms with E-state index in [0.717, 1.165) is 11.3 Å². The summed E-state index contributed by atoms with van der Waals surface area (Å²) in [5.41, 5.74) is 7.41. The van der Waals surface area contributed by atoms with Crippen LogP contribution in [0.3, 0.4) is 0 Å². The zero-order chi connectivity index (χ0) is 13.1. The lowest BCUT2D eigenvalue weighted by molar-refractivity contribution is 0.0950. The number of aromatic amines is 1. The van der Waals surface area contributed by atoms with E-state index in [1.165, 1.54) is 0 Å². The Hall–Kier alpha value is -1.60. The van der Waals surface area contributed by atoms with E-state index in [4.69, 9.17) is 5.73 Å². The number of hydrogen-bond acceptors (Lipinski definition) is 4. The zero-order valence-corrected chi connectivity index (χ0v) is 11.6. The van der Waals surface area contributed by atoms with Gasteiger partial charge in [-0.25, -0.2) is 0 Å². The third-order valence-corrected chi connectivity index (χ3v) is 3.68. The lowest BCUT2D eigenvalue weighted by Gasteiger charge is -2.05. The Bertz CT molecular complexity index is 635. The molecule has 94 valence electrons. The van der Waals surface area contributed by atoms with Gasteiger partial charge in [0.2, 0.25) is 0 Å². The molecule has 5 nitrogen and oxygen atoms in total. The summed E-state index contributed by atoms with van der Waals surface area (Å²) < 4.78 is 0.680. The maximum atomic E-state index is 11.8. The van der Waals surface area contributed by atoms with Crippen LogP contribution in [0.25, 0.3) is 0 Å². The summed E-state index contributed by atoms with van der Waals surface area (Å²) >= 11 is 4.33. The summed E-state index contributed by atoms with van der Waals surface area (Å²) in [4.78, 5) is 25.2. The molecule has 0 unspecified atom stereocenters.